The van der Waals surface area contributed by atoms with Gasteiger partial charge in [0.05, 0.1) is 18.5 Å². The zero-order valence-corrected chi connectivity index (χ0v) is 20.9. The van der Waals surface area contributed by atoms with Crippen molar-refractivity contribution >= 4 is 58.2 Å². The number of hydrogen-bond donors (Lipinski definition) is 1. The maximum Gasteiger partial charge on any atom is 0.257 e. The van der Waals surface area contributed by atoms with Crippen LogP contribution in [0.25, 0.3) is 0 Å². The van der Waals surface area contributed by atoms with Gasteiger partial charge in [-0.2, -0.15) is 0 Å². The maximum atomic E-state index is 13.5. The zero-order chi connectivity index (χ0) is 25.8. The lowest BCUT2D eigenvalue weighted by atomic mass is 10.1. The van der Waals surface area contributed by atoms with E-state index in [-0.39, 0.29) is 31.2 Å². The largest absolute Gasteiger partial charge is 0.326 e. The van der Waals surface area contributed by atoms with E-state index in [2.05, 4.69) is 5.32 Å². The van der Waals surface area contributed by atoms with Gasteiger partial charge in [0.1, 0.15) is 6.04 Å². The predicted molar refractivity (Wildman–Crippen MR) is 139 cm³/mol. The van der Waals surface area contributed by atoms with Crippen LogP contribution in [0.4, 0.5) is 11.4 Å². The average molecular weight is 524 g/mol. The van der Waals surface area contributed by atoms with Crippen LogP contribution in [-0.2, 0) is 32.1 Å². The van der Waals surface area contributed by atoms with Crippen LogP contribution in [0.1, 0.15) is 24.5 Å². The molecule has 36 heavy (non-hydrogen) atoms. The van der Waals surface area contributed by atoms with Gasteiger partial charge >= 0.3 is 0 Å². The van der Waals surface area contributed by atoms with Gasteiger partial charge in [0.15, 0.2) is 0 Å². The fourth-order valence-electron chi connectivity index (χ4n) is 4.09. The van der Waals surface area contributed by atoms with Gasteiger partial charge < -0.3 is 10.2 Å². The molecule has 1 heterocycles. The van der Waals surface area contributed by atoms with E-state index in [1.165, 1.54) is 11.8 Å². The fourth-order valence-corrected chi connectivity index (χ4v) is 4.41. The summed E-state index contributed by atoms with van der Waals surface area (Å²) in [5.41, 5.74) is 2.31. The molecule has 3 aromatic rings. The summed E-state index contributed by atoms with van der Waals surface area (Å²) in [5.74, 6) is -1.46. The molecule has 1 fully saturated rings. The zero-order valence-electron chi connectivity index (χ0n) is 19.4. The first kappa shape index (κ1) is 25.4. The lowest BCUT2D eigenvalue weighted by molar-refractivity contribution is -0.138. The van der Waals surface area contributed by atoms with Gasteiger partial charge in [0.2, 0.25) is 17.7 Å². The van der Waals surface area contributed by atoms with Crippen LogP contribution in [0.15, 0.2) is 72.8 Å². The van der Waals surface area contributed by atoms with E-state index in [1.807, 2.05) is 0 Å². The number of rotatable bonds is 7. The third kappa shape index (κ3) is 5.75. The molecule has 4 amide bonds. The van der Waals surface area contributed by atoms with E-state index < -0.39 is 17.9 Å². The molecule has 4 rings (SSSR count). The quantitative estimate of drug-likeness (QED) is 0.448. The molecule has 1 aliphatic rings. The summed E-state index contributed by atoms with van der Waals surface area (Å²) >= 11 is 12.3. The molecule has 3 aromatic carbocycles. The number of hydrogen-bond acceptors (Lipinski definition) is 4. The summed E-state index contributed by atoms with van der Waals surface area (Å²) in [4.78, 5) is 53.7. The summed E-state index contributed by atoms with van der Waals surface area (Å²) in [6.07, 6.45) is -0.117. The second kappa shape index (κ2) is 10.9. The molecule has 0 spiro atoms. The number of anilines is 2. The number of imide groups is 1. The van der Waals surface area contributed by atoms with Gasteiger partial charge in [-0.15, -0.1) is 0 Å². The SMILES string of the molecule is CC(=O)Nc1ccc(N2C(=O)CC(N(Cc3ccccc3Cl)C(=O)Cc3ccc(Cl)cc3)C2=O)cc1. The Labute approximate surface area is 218 Å². The maximum absolute atomic E-state index is 13.5. The van der Waals surface area contributed by atoms with Crippen molar-refractivity contribution in [3.05, 3.63) is 94.0 Å². The fraction of sp³-hybridized carbons (Fsp3) is 0.185. The number of carbonyl (C=O) groups is 4. The van der Waals surface area contributed by atoms with Gasteiger partial charge in [0, 0.05) is 29.2 Å². The molecular weight excluding hydrogens is 501 g/mol. The first-order chi connectivity index (χ1) is 17.2. The molecule has 0 saturated carbocycles. The van der Waals surface area contributed by atoms with Crippen molar-refractivity contribution < 1.29 is 19.2 Å². The minimum Gasteiger partial charge on any atom is -0.326 e. The van der Waals surface area contributed by atoms with Crippen LogP contribution in [0.5, 0.6) is 0 Å². The van der Waals surface area contributed by atoms with Crippen molar-refractivity contribution in [2.45, 2.75) is 32.4 Å². The smallest absolute Gasteiger partial charge is 0.257 e. The van der Waals surface area contributed by atoms with E-state index in [4.69, 9.17) is 23.2 Å². The highest BCUT2D eigenvalue weighted by atomic mass is 35.5. The number of nitrogens with zero attached hydrogens (tertiary/aromatic N) is 2. The Kier molecular flexibility index (Phi) is 7.72. The standard InChI is InChI=1S/C27H23Cl2N3O4/c1-17(33)30-21-10-12-22(13-11-21)32-26(35)15-24(27(32)36)31(16-19-4-2-3-5-23(19)29)25(34)14-18-6-8-20(28)9-7-18/h2-13,24H,14-16H2,1H3,(H,30,33). The molecule has 9 heteroatoms. The molecule has 1 saturated heterocycles. The van der Waals surface area contributed by atoms with Crippen molar-refractivity contribution in [2.24, 2.45) is 0 Å². The van der Waals surface area contributed by atoms with Gasteiger partial charge in [0.25, 0.3) is 5.91 Å². The van der Waals surface area contributed by atoms with Crippen LogP contribution in [0.3, 0.4) is 0 Å². The molecule has 1 atom stereocenters. The molecular formula is C27H23Cl2N3O4. The summed E-state index contributed by atoms with van der Waals surface area (Å²) in [6.45, 7) is 1.46. The Balaban J connectivity index is 1.61. The van der Waals surface area contributed by atoms with Crippen LogP contribution >= 0.6 is 23.2 Å². The topological polar surface area (TPSA) is 86.8 Å². The number of carbonyl (C=O) groups excluding carboxylic acids is 4. The summed E-state index contributed by atoms with van der Waals surface area (Å²) in [5, 5.41) is 3.66. The summed E-state index contributed by atoms with van der Waals surface area (Å²) < 4.78 is 0. The monoisotopic (exact) mass is 523 g/mol. The number of benzene rings is 3. The lowest BCUT2D eigenvalue weighted by Gasteiger charge is -2.28. The second-order valence-corrected chi connectivity index (χ2v) is 9.28. The molecule has 0 aromatic heterocycles. The van der Waals surface area contributed by atoms with Crippen LogP contribution in [0, 0.1) is 0 Å². The Hall–Kier alpha value is -3.68. The minimum atomic E-state index is -0.983. The van der Waals surface area contributed by atoms with Crippen LogP contribution in [0.2, 0.25) is 10.0 Å². The van der Waals surface area contributed by atoms with Crippen molar-refractivity contribution in [3.8, 4) is 0 Å². The molecule has 0 aliphatic carbocycles. The first-order valence-corrected chi connectivity index (χ1v) is 12.0. The highest BCUT2D eigenvalue weighted by Gasteiger charge is 2.44. The van der Waals surface area contributed by atoms with Crippen molar-refractivity contribution in [1.29, 1.82) is 0 Å². The number of halogens is 2. The molecule has 7 nitrogen and oxygen atoms in total. The van der Waals surface area contributed by atoms with E-state index in [0.717, 1.165) is 10.5 Å². The van der Waals surface area contributed by atoms with E-state index in [0.29, 0.717) is 27.0 Å². The second-order valence-electron chi connectivity index (χ2n) is 8.43. The van der Waals surface area contributed by atoms with Gasteiger partial charge in [-0.3, -0.25) is 19.2 Å². The van der Waals surface area contributed by atoms with Crippen LogP contribution in [-0.4, -0.2) is 34.6 Å². The molecule has 1 unspecified atom stereocenters. The highest BCUT2D eigenvalue weighted by Crippen LogP contribution is 2.29. The average Bonchev–Trinajstić information content (AvgIpc) is 3.13. The van der Waals surface area contributed by atoms with E-state index >= 15 is 0 Å². The molecule has 0 radical (unpaired) electrons. The van der Waals surface area contributed by atoms with Gasteiger partial charge in [-0.1, -0.05) is 53.5 Å². The van der Waals surface area contributed by atoms with Crippen molar-refractivity contribution in [1.82, 2.24) is 4.90 Å². The lowest BCUT2D eigenvalue weighted by Crippen LogP contribution is -2.45. The third-order valence-electron chi connectivity index (χ3n) is 5.83. The van der Waals surface area contributed by atoms with E-state index in [1.54, 1.807) is 72.8 Å². The first-order valence-electron chi connectivity index (χ1n) is 11.2. The summed E-state index contributed by atoms with van der Waals surface area (Å²) in [6, 6.07) is 19.4. The third-order valence-corrected chi connectivity index (χ3v) is 6.45. The Morgan fingerprint density at radius 3 is 2.28 bits per heavy atom. The van der Waals surface area contributed by atoms with Crippen LogP contribution < -0.4 is 10.2 Å². The number of amides is 4. The van der Waals surface area contributed by atoms with Crippen molar-refractivity contribution in [3.63, 3.8) is 0 Å². The molecule has 0 bridgehead atoms. The molecule has 184 valence electrons. The van der Waals surface area contributed by atoms with Crippen molar-refractivity contribution in [2.75, 3.05) is 10.2 Å². The summed E-state index contributed by atoms with van der Waals surface area (Å²) in [7, 11) is 0. The Bertz CT molecular complexity index is 1310. The normalized spacial score (nSPS) is 15.2. The Morgan fingerprint density at radius 1 is 0.972 bits per heavy atom. The number of nitrogens with one attached hydrogen (secondary N) is 1. The van der Waals surface area contributed by atoms with Gasteiger partial charge in [-0.25, -0.2) is 4.90 Å². The molecule has 1 N–H and O–H groups in total. The predicted octanol–water partition coefficient (Wildman–Crippen LogP) is 4.86. The minimum absolute atomic E-state index is 0.0327. The Morgan fingerprint density at radius 2 is 1.64 bits per heavy atom. The van der Waals surface area contributed by atoms with E-state index in [9.17, 15) is 19.2 Å². The van der Waals surface area contributed by atoms with Gasteiger partial charge in [-0.05, 0) is 53.6 Å². The highest BCUT2D eigenvalue weighted by molar-refractivity contribution is 6.31. The molecule has 1 aliphatic heterocycles.